The quantitative estimate of drug-likeness (QED) is 0.455. The van der Waals surface area contributed by atoms with Crippen molar-refractivity contribution < 1.29 is 0 Å². The maximum absolute atomic E-state index is 2.52. The van der Waals surface area contributed by atoms with Crippen LogP contribution in [0.25, 0.3) is 0 Å². The van der Waals surface area contributed by atoms with Crippen LogP contribution in [0.3, 0.4) is 0 Å². The van der Waals surface area contributed by atoms with Crippen LogP contribution in [0.5, 0.6) is 0 Å². The average Bonchev–Trinajstić information content (AvgIpc) is 3.17. The second-order valence-electron chi connectivity index (χ2n) is 12.5. The van der Waals surface area contributed by atoms with Gasteiger partial charge in [-0.25, -0.2) is 0 Å². The zero-order valence-electron chi connectivity index (χ0n) is 22.7. The molecule has 35 heavy (non-hydrogen) atoms. The van der Waals surface area contributed by atoms with Gasteiger partial charge in [0.2, 0.25) is 0 Å². The van der Waals surface area contributed by atoms with Gasteiger partial charge >= 0.3 is 0 Å². The molecule has 0 amide bonds. The standard InChI is InChI=1S/C33H42N2/c1-32(2)28(34(5)26-20-18-22-12-7-9-14-24(22)30(26)32)16-11-17-29-33(3,4)31-25-15-10-8-13-23(25)19-21-27(31)35(29)6/h11,16-21,28H,7-10,12-15H2,1-6H3/b16-11?,29-17+. The lowest BCUT2D eigenvalue weighted by atomic mass is 9.74. The first kappa shape index (κ1) is 23.0. The third kappa shape index (κ3) is 3.28. The second-order valence-corrected chi connectivity index (χ2v) is 12.5. The van der Waals surface area contributed by atoms with Gasteiger partial charge in [0.15, 0.2) is 0 Å². The van der Waals surface area contributed by atoms with E-state index in [1.807, 2.05) is 0 Å². The molecule has 2 heteroatoms. The number of benzene rings is 2. The van der Waals surface area contributed by atoms with E-state index in [0.29, 0.717) is 6.04 Å². The first-order valence-corrected chi connectivity index (χ1v) is 13.9. The molecule has 0 saturated carbocycles. The number of allylic oxidation sites excluding steroid dienone is 3. The highest BCUT2D eigenvalue weighted by molar-refractivity contribution is 5.74. The van der Waals surface area contributed by atoms with Crippen molar-refractivity contribution in [1.82, 2.24) is 0 Å². The lowest BCUT2D eigenvalue weighted by molar-refractivity contribution is 0.481. The van der Waals surface area contributed by atoms with Crippen molar-refractivity contribution in [2.24, 2.45) is 0 Å². The highest BCUT2D eigenvalue weighted by Crippen LogP contribution is 2.51. The van der Waals surface area contributed by atoms with E-state index in [2.05, 4.69) is 94.1 Å². The summed E-state index contributed by atoms with van der Waals surface area (Å²) < 4.78 is 0. The zero-order chi connectivity index (χ0) is 24.5. The minimum Gasteiger partial charge on any atom is -0.367 e. The Morgan fingerprint density at radius 3 is 1.97 bits per heavy atom. The monoisotopic (exact) mass is 466 g/mol. The summed E-state index contributed by atoms with van der Waals surface area (Å²) in [4.78, 5) is 4.97. The normalized spacial score (nSPS) is 25.1. The SMILES string of the molecule is CN1/C(=C/C=CC2N(C)c3ccc4c(c3C2(C)C)CCCC4)C(C)(C)c2c1ccc1c2CCCC1. The molecule has 0 N–H and O–H groups in total. The van der Waals surface area contributed by atoms with Gasteiger partial charge in [0.05, 0.1) is 6.04 Å². The van der Waals surface area contributed by atoms with E-state index in [1.165, 1.54) is 68.4 Å². The molecular weight excluding hydrogens is 424 g/mol. The van der Waals surface area contributed by atoms with Gasteiger partial charge in [-0.3, -0.25) is 0 Å². The van der Waals surface area contributed by atoms with Crippen molar-refractivity contribution in [1.29, 1.82) is 0 Å². The van der Waals surface area contributed by atoms with Gasteiger partial charge in [0.1, 0.15) is 0 Å². The maximum atomic E-state index is 2.52. The highest BCUT2D eigenvalue weighted by Gasteiger charge is 2.44. The van der Waals surface area contributed by atoms with E-state index < -0.39 is 0 Å². The fraction of sp³-hybridized carbons (Fsp3) is 0.515. The van der Waals surface area contributed by atoms with Crippen LogP contribution in [-0.4, -0.2) is 20.1 Å². The molecule has 6 rings (SSSR count). The molecule has 2 aliphatic carbocycles. The fourth-order valence-corrected chi connectivity index (χ4v) is 8.02. The number of rotatable bonds is 2. The van der Waals surface area contributed by atoms with Gasteiger partial charge in [0.25, 0.3) is 0 Å². The molecule has 0 saturated heterocycles. The molecule has 4 aliphatic rings. The third-order valence-electron chi connectivity index (χ3n) is 9.74. The number of fused-ring (bicyclic) bond motifs is 6. The van der Waals surface area contributed by atoms with E-state index in [-0.39, 0.29) is 10.8 Å². The van der Waals surface area contributed by atoms with Crippen LogP contribution in [-0.2, 0) is 36.5 Å². The van der Waals surface area contributed by atoms with Crippen molar-refractivity contribution in [2.45, 2.75) is 95.9 Å². The molecule has 0 fully saturated rings. The molecule has 1 unspecified atom stereocenters. The smallest absolute Gasteiger partial charge is 0.0565 e. The molecule has 2 aromatic rings. The van der Waals surface area contributed by atoms with Crippen LogP contribution >= 0.6 is 0 Å². The molecule has 0 aromatic heterocycles. The highest BCUT2D eigenvalue weighted by atomic mass is 15.2. The molecule has 0 radical (unpaired) electrons. The Hall–Kier alpha value is -2.48. The Morgan fingerprint density at radius 2 is 1.31 bits per heavy atom. The molecule has 0 spiro atoms. The fourth-order valence-electron chi connectivity index (χ4n) is 8.02. The van der Waals surface area contributed by atoms with Crippen molar-refractivity contribution in [2.75, 3.05) is 23.9 Å². The number of nitrogens with zero attached hydrogens (tertiary/aromatic N) is 2. The van der Waals surface area contributed by atoms with Crippen LogP contribution < -0.4 is 9.80 Å². The number of aryl methyl sites for hydroxylation is 2. The third-order valence-corrected chi connectivity index (χ3v) is 9.74. The Morgan fingerprint density at radius 1 is 0.743 bits per heavy atom. The van der Waals surface area contributed by atoms with E-state index in [4.69, 9.17) is 0 Å². The van der Waals surface area contributed by atoms with Crippen molar-refractivity contribution in [3.63, 3.8) is 0 Å². The number of anilines is 2. The maximum Gasteiger partial charge on any atom is 0.0565 e. The molecule has 184 valence electrons. The predicted molar refractivity (Wildman–Crippen MR) is 150 cm³/mol. The minimum atomic E-state index is 0.0379. The summed E-state index contributed by atoms with van der Waals surface area (Å²) in [6, 6.07) is 9.93. The zero-order valence-corrected chi connectivity index (χ0v) is 22.7. The molecule has 0 bridgehead atoms. The van der Waals surface area contributed by atoms with E-state index >= 15 is 0 Å². The molecule has 2 heterocycles. The van der Waals surface area contributed by atoms with Gasteiger partial charge in [-0.15, -0.1) is 0 Å². The Balaban J connectivity index is 1.34. The van der Waals surface area contributed by atoms with Gasteiger partial charge in [0, 0.05) is 42.0 Å². The summed E-state index contributed by atoms with van der Waals surface area (Å²) in [6.07, 6.45) is 17.5. The molecule has 2 nitrogen and oxygen atoms in total. The Labute approximate surface area is 212 Å². The Bertz CT molecular complexity index is 1240. The van der Waals surface area contributed by atoms with Crippen LogP contribution in [0.2, 0.25) is 0 Å². The molecular formula is C33H42N2. The van der Waals surface area contributed by atoms with E-state index in [1.54, 1.807) is 33.4 Å². The van der Waals surface area contributed by atoms with Crippen LogP contribution in [0.4, 0.5) is 11.4 Å². The number of hydrogen-bond donors (Lipinski definition) is 0. The topological polar surface area (TPSA) is 6.48 Å². The van der Waals surface area contributed by atoms with E-state index in [0.717, 1.165) is 0 Å². The van der Waals surface area contributed by atoms with Crippen molar-refractivity contribution in [3.8, 4) is 0 Å². The first-order chi connectivity index (χ1) is 16.7. The van der Waals surface area contributed by atoms with Gasteiger partial charge in [-0.1, -0.05) is 52.0 Å². The summed E-state index contributed by atoms with van der Waals surface area (Å²) in [5.74, 6) is 0. The first-order valence-electron chi connectivity index (χ1n) is 13.9. The van der Waals surface area contributed by atoms with Crippen LogP contribution in [0.1, 0.15) is 86.8 Å². The number of likely N-dealkylation sites (N-methyl/N-ethyl adjacent to an activating group) is 2. The Kier molecular flexibility index (Phi) is 5.26. The average molecular weight is 467 g/mol. The minimum absolute atomic E-state index is 0.0379. The second kappa shape index (κ2) is 8.02. The summed E-state index contributed by atoms with van der Waals surface area (Å²) in [5.41, 5.74) is 14.1. The molecule has 2 aromatic carbocycles. The summed E-state index contributed by atoms with van der Waals surface area (Å²) >= 11 is 0. The molecule has 1 atom stereocenters. The van der Waals surface area contributed by atoms with Gasteiger partial charge in [-0.05, 0) is 103 Å². The predicted octanol–water partition coefficient (Wildman–Crippen LogP) is 7.41. The lowest BCUT2D eigenvalue weighted by Crippen LogP contribution is -2.37. The van der Waals surface area contributed by atoms with Gasteiger partial charge < -0.3 is 9.80 Å². The van der Waals surface area contributed by atoms with E-state index in [9.17, 15) is 0 Å². The van der Waals surface area contributed by atoms with Gasteiger partial charge in [-0.2, -0.15) is 0 Å². The summed E-state index contributed by atoms with van der Waals surface area (Å²) in [5, 5.41) is 0. The lowest BCUT2D eigenvalue weighted by Gasteiger charge is -2.31. The number of hydrogen-bond acceptors (Lipinski definition) is 2. The van der Waals surface area contributed by atoms with Crippen LogP contribution in [0.15, 0.2) is 48.2 Å². The van der Waals surface area contributed by atoms with Crippen LogP contribution in [0, 0.1) is 0 Å². The van der Waals surface area contributed by atoms with Crippen molar-refractivity contribution in [3.05, 3.63) is 81.6 Å². The molecule has 2 aliphatic heterocycles. The summed E-state index contributed by atoms with van der Waals surface area (Å²) in [7, 11) is 4.55. The largest absolute Gasteiger partial charge is 0.367 e. The summed E-state index contributed by atoms with van der Waals surface area (Å²) in [6.45, 7) is 9.77. The van der Waals surface area contributed by atoms with Crippen molar-refractivity contribution >= 4 is 11.4 Å².